The molecule has 1 N–H and O–H groups in total. The summed E-state index contributed by atoms with van der Waals surface area (Å²) in [4.78, 5) is -0.832. The summed E-state index contributed by atoms with van der Waals surface area (Å²) < 4.78 is 71.3. The van der Waals surface area contributed by atoms with Crippen molar-refractivity contribution in [1.29, 1.82) is 0 Å². The van der Waals surface area contributed by atoms with Gasteiger partial charge in [-0.3, -0.25) is 0 Å². The maximum atomic E-state index is 12.6. The summed E-state index contributed by atoms with van der Waals surface area (Å²) in [6, 6.07) is 3.07. The van der Waals surface area contributed by atoms with Crippen LogP contribution < -0.4 is 10.1 Å². The van der Waals surface area contributed by atoms with Crippen LogP contribution in [-0.2, 0) is 21.2 Å². The number of rotatable bonds is 5. The molecule has 22 heavy (non-hydrogen) atoms. The van der Waals surface area contributed by atoms with Crippen LogP contribution in [0.25, 0.3) is 0 Å². The van der Waals surface area contributed by atoms with E-state index in [0.29, 0.717) is 12.1 Å². The van der Waals surface area contributed by atoms with Gasteiger partial charge in [-0.1, -0.05) is 13.0 Å². The molecular formula is C13H16F3NO4S. The molecule has 0 aromatic heterocycles. The summed E-state index contributed by atoms with van der Waals surface area (Å²) in [5.41, 5.74) is -4.83. The molecule has 9 heteroatoms. The fourth-order valence-electron chi connectivity index (χ4n) is 1.92. The molecule has 0 amide bonds. The maximum absolute atomic E-state index is 12.6. The molecule has 0 bridgehead atoms. The van der Waals surface area contributed by atoms with Gasteiger partial charge in [-0.05, 0) is 25.1 Å². The molecule has 5 nitrogen and oxygen atoms in total. The molecule has 124 valence electrons. The Morgan fingerprint density at radius 2 is 2.09 bits per heavy atom. The van der Waals surface area contributed by atoms with Crippen molar-refractivity contribution in [3.8, 4) is 5.75 Å². The molecule has 0 radical (unpaired) electrons. The largest absolute Gasteiger partial charge is 0.501 e. The highest BCUT2D eigenvalue weighted by molar-refractivity contribution is 7.92. The lowest BCUT2D eigenvalue weighted by molar-refractivity contribution is -0.105. The Bertz CT molecular complexity index is 631. The van der Waals surface area contributed by atoms with E-state index in [1.54, 1.807) is 0 Å². The molecule has 1 aromatic rings. The molecule has 1 unspecified atom stereocenters. The molecule has 0 spiro atoms. The van der Waals surface area contributed by atoms with Crippen molar-refractivity contribution >= 4 is 9.84 Å². The minimum atomic E-state index is -5.38. The number of benzene rings is 1. The summed E-state index contributed by atoms with van der Waals surface area (Å²) in [6.07, 6.45) is 0.250. The quantitative estimate of drug-likeness (QED) is 0.834. The van der Waals surface area contributed by atoms with Crippen LogP contribution in [0.5, 0.6) is 5.75 Å². The zero-order valence-electron chi connectivity index (χ0n) is 11.8. The molecule has 1 aliphatic heterocycles. The van der Waals surface area contributed by atoms with E-state index < -0.39 is 26.5 Å². The number of fused-ring (bicyclic) bond motifs is 1. The van der Waals surface area contributed by atoms with Crippen molar-refractivity contribution in [2.45, 2.75) is 36.6 Å². The van der Waals surface area contributed by atoms with E-state index in [9.17, 15) is 21.6 Å². The van der Waals surface area contributed by atoms with Gasteiger partial charge in [0.2, 0.25) is 6.29 Å². The first-order valence-electron chi connectivity index (χ1n) is 6.69. The highest BCUT2D eigenvalue weighted by atomic mass is 32.2. The fourth-order valence-corrected chi connectivity index (χ4v) is 2.70. The van der Waals surface area contributed by atoms with E-state index in [2.05, 4.69) is 5.32 Å². The normalized spacial score (nSPS) is 18.6. The van der Waals surface area contributed by atoms with Crippen LogP contribution in [0.15, 0.2) is 23.1 Å². The number of hydrogen-bond donors (Lipinski definition) is 1. The average Bonchev–Trinajstić information content (AvgIpc) is 2.45. The number of hydrogen-bond acceptors (Lipinski definition) is 5. The van der Waals surface area contributed by atoms with Gasteiger partial charge in [0.15, 0.2) is 0 Å². The maximum Gasteiger partial charge on any atom is 0.501 e. The SMILES string of the molecule is CCCNCC1OCc2ccc(S(=O)(=O)C(F)(F)F)cc2O1. The van der Waals surface area contributed by atoms with Gasteiger partial charge in [0.25, 0.3) is 9.84 Å². The molecule has 0 fully saturated rings. The smallest absolute Gasteiger partial charge is 0.463 e. The van der Waals surface area contributed by atoms with Crippen molar-refractivity contribution in [2.24, 2.45) is 0 Å². The van der Waals surface area contributed by atoms with Gasteiger partial charge >= 0.3 is 5.51 Å². The predicted molar refractivity (Wildman–Crippen MR) is 72.0 cm³/mol. The third-order valence-electron chi connectivity index (χ3n) is 3.07. The monoisotopic (exact) mass is 339 g/mol. The topological polar surface area (TPSA) is 64.6 Å². The zero-order chi connectivity index (χ0) is 16.4. The van der Waals surface area contributed by atoms with E-state index in [4.69, 9.17) is 9.47 Å². The van der Waals surface area contributed by atoms with Crippen LogP contribution in [-0.4, -0.2) is 33.3 Å². The summed E-state index contributed by atoms with van der Waals surface area (Å²) in [6.45, 7) is 3.25. The van der Waals surface area contributed by atoms with Crippen LogP contribution in [0, 0.1) is 0 Å². The summed E-state index contributed by atoms with van der Waals surface area (Å²) in [5.74, 6) is 0.0971. The van der Waals surface area contributed by atoms with Gasteiger partial charge in [-0.25, -0.2) is 8.42 Å². The molecule has 1 heterocycles. The third-order valence-corrected chi connectivity index (χ3v) is 4.56. The Morgan fingerprint density at radius 3 is 2.73 bits per heavy atom. The van der Waals surface area contributed by atoms with E-state index in [1.165, 1.54) is 6.07 Å². The Morgan fingerprint density at radius 1 is 1.36 bits per heavy atom. The van der Waals surface area contributed by atoms with Crippen molar-refractivity contribution in [2.75, 3.05) is 13.1 Å². The Hall–Kier alpha value is -1.32. The van der Waals surface area contributed by atoms with Crippen LogP contribution in [0.1, 0.15) is 18.9 Å². The van der Waals surface area contributed by atoms with Gasteiger partial charge in [0.05, 0.1) is 18.0 Å². The molecule has 1 aromatic carbocycles. The van der Waals surface area contributed by atoms with Crippen LogP contribution in [0.3, 0.4) is 0 Å². The molecular weight excluding hydrogens is 323 g/mol. The summed E-state index contributed by atoms with van der Waals surface area (Å²) in [5, 5.41) is 3.06. The highest BCUT2D eigenvalue weighted by Gasteiger charge is 2.47. The van der Waals surface area contributed by atoms with Crippen LogP contribution in [0.2, 0.25) is 0 Å². The lowest BCUT2D eigenvalue weighted by Gasteiger charge is -2.27. The molecule has 2 rings (SSSR count). The first kappa shape index (κ1) is 17.0. The van der Waals surface area contributed by atoms with Crippen molar-refractivity contribution in [3.63, 3.8) is 0 Å². The van der Waals surface area contributed by atoms with E-state index in [0.717, 1.165) is 25.1 Å². The second kappa shape index (κ2) is 6.43. The molecule has 1 aliphatic rings. The Labute approximate surface area is 126 Å². The van der Waals surface area contributed by atoms with E-state index in [-0.39, 0.29) is 12.4 Å². The number of nitrogens with one attached hydrogen (secondary N) is 1. The lowest BCUT2D eigenvalue weighted by Crippen LogP contribution is -2.36. The number of ether oxygens (including phenoxy) is 2. The van der Waals surface area contributed by atoms with E-state index in [1.807, 2.05) is 6.92 Å². The fraction of sp³-hybridized carbons (Fsp3) is 0.538. The van der Waals surface area contributed by atoms with E-state index >= 15 is 0 Å². The van der Waals surface area contributed by atoms with Gasteiger partial charge in [0, 0.05) is 5.56 Å². The zero-order valence-corrected chi connectivity index (χ0v) is 12.6. The number of halogens is 3. The lowest BCUT2D eigenvalue weighted by atomic mass is 10.2. The van der Waals surface area contributed by atoms with Gasteiger partial charge in [-0.2, -0.15) is 13.2 Å². The second-order valence-corrected chi connectivity index (χ2v) is 6.72. The van der Waals surface area contributed by atoms with Crippen LogP contribution in [0.4, 0.5) is 13.2 Å². The minimum absolute atomic E-state index is 0.0971. The first-order chi connectivity index (χ1) is 10.3. The van der Waals surface area contributed by atoms with Crippen LogP contribution >= 0.6 is 0 Å². The Balaban J connectivity index is 2.19. The first-order valence-corrected chi connectivity index (χ1v) is 8.17. The van der Waals surface area contributed by atoms with Gasteiger partial charge < -0.3 is 14.8 Å². The van der Waals surface area contributed by atoms with Crippen molar-refractivity contribution < 1.29 is 31.1 Å². The predicted octanol–water partition coefficient (Wildman–Crippen LogP) is 2.21. The average molecular weight is 339 g/mol. The third kappa shape index (κ3) is 3.53. The number of sulfone groups is 1. The molecule has 1 atom stereocenters. The molecule has 0 saturated heterocycles. The Kier molecular flexibility index (Phi) is 4.98. The standard InChI is InChI=1S/C13H16F3NO4S/c1-2-5-17-7-12-20-8-9-3-4-10(6-11(9)21-12)22(18,19)13(14,15)16/h3-4,6,12,17H,2,5,7-8H2,1H3. The summed E-state index contributed by atoms with van der Waals surface area (Å²) >= 11 is 0. The highest BCUT2D eigenvalue weighted by Crippen LogP contribution is 2.34. The van der Waals surface area contributed by atoms with Crippen molar-refractivity contribution in [3.05, 3.63) is 23.8 Å². The molecule has 0 aliphatic carbocycles. The summed E-state index contributed by atoms with van der Waals surface area (Å²) in [7, 11) is -5.38. The second-order valence-electron chi connectivity index (χ2n) is 4.78. The molecule has 0 saturated carbocycles. The number of alkyl halides is 3. The van der Waals surface area contributed by atoms with Gasteiger partial charge in [-0.15, -0.1) is 0 Å². The minimum Gasteiger partial charge on any atom is -0.463 e. The van der Waals surface area contributed by atoms with Crippen molar-refractivity contribution in [1.82, 2.24) is 5.32 Å². The van der Waals surface area contributed by atoms with Gasteiger partial charge in [0.1, 0.15) is 5.75 Å².